The van der Waals surface area contributed by atoms with Gasteiger partial charge in [0.1, 0.15) is 0 Å². The summed E-state index contributed by atoms with van der Waals surface area (Å²) in [7, 11) is 0. The topological polar surface area (TPSA) is 15.7 Å². The Hall–Kier alpha value is -0.120. The van der Waals surface area contributed by atoms with Gasteiger partial charge in [0, 0.05) is 38.3 Å². The molecule has 0 aromatic carbocycles. The minimum Gasteiger partial charge on any atom is -0.377 e. The van der Waals surface area contributed by atoms with Crippen molar-refractivity contribution in [3.05, 3.63) is 0 Å². The summed E-state index contributed by atoms with van der Waals surface area (Å²) in [4.78, 5) is 5.16. The van der Waals surface area contributed by atoms with Gasteiger partial charge in [0.25, 0.3) is 0 Å². The smallest absolute Gasteiger partial charge is 0.0597 e. The van der Waals surface area contributed by atoms with Gasteiger partial charge in [0.05, 0.1) is 12.7 Å². The zero-order chi connectivity index (χ0) is 16.4. The first kappa shape index (κ1) is 18.2. The standard InChI is InChI=1S/C19H38N2O/c1-18(2,3)16-7-8-17(15-16)22-14-13-20-9-11-21(12-10-20)19(4,5)6/h16-17H,7-15H2,1-6H3. The lowest BCUT2D eigenvalue weighted by Gasteiger charge is -2.42. The summed E-state index contributed by atoms with van der Waals surface area (Å²) >= 11 is 0. The van der Waals surface area contributed by atoms with Crippen LogP contribution in [0.5, 0.6) is 0 Å². The first-order valence-corrected chi connectivity index (χ1v) is 9.25. The van der Waals surface area contributed by atoms with E-state index in [9.17, 15) is 0 Å². The second-order valence-corrected chi connectivity index (χ2v) is 9.37. The van der Waals surface area contributed by atoms with E-state index < -0.39 is 0 Å². The lowest BCUT2D eigenvalue weighted by atomic mass is 9.80. The van der Waals surface area contributed by atoms with Gasteiger partial charge in [-0.3, -0.25) is 9.80 Å². The average Bonchev–Trinajstić information content (AvgIpc) is 2.87. The predicted molar refractivity (Wildman–Crippen MR) is 94.3 cm³/mol. The minimum absolute atomic E-state index is 0.314. The molecule has 0 radical (unpaired) electrons. The van der Waals surface area contributed by atoms with Gasteiger partial charge in [-0.05, 0) is 51.4 Å². The molecule has 0 aromatic heterocycles. The molecular weight excluding hydrogens is 272 g/mol. The lowest BCUT2D eigenvalue weighted by molar-refractivity contribution is 0.0144. The molecule has 3 heteroatoms. The Labute approximate surface area is 138 Å². The van der Waals surface area contributed by atoms with E-state index in [1.165, 1.54) is 45.4 Å². The van der Waals surface area contributed by atoms with Crippen LogP contribution in [0.25, 0.3) is 0 Å². The Kier molecular flexibility index (Phi) is 5.95. The van der Waals surface area contributed by atoms with Crippen molar-refractivity contribution in [3.8, 4) is 0 Å². The van der Waals surface area contributed by atoms with E-state index in [2.05, 4.69) is 51.3 Å². The number of piperazine rings is 1. The lowest BCUT2D eigenvalue weighted by Crippen LogP contribution is -2.53. The second kappa shape index (κ2) is 7.19. The maximum atomic E-state index is 6.17. The first-order chi connectivity index (χ1) is 10.2. The third kappa shape index (κ3) is 5.21. The van der Waals surface area contributed by atoms with Gasteiger partial charge in [0.2, 0.25) is 0 Å². The summed E-state index contributed by atoms with van der Waals surface area (Å²) in [5.74, 6) is 0.841. The van der Waals surface area contributed by atoms with Crippen LogP contribution in [0.1, 0.15) is 60.8 Å². The summed E-state index contributed by atoms with van der Waals surface area (Å²) in [5.41, 5.74) is 0.760. The molecule has 0 spiro atoms. The van der Waals surface area contributed by atoms with Crippen LogP contribution in [0.2, 0.25) is 0 Å². The monoisotopic (exact) mass is 310 g/mol. The van der Waals surface area contributed by atoms with Gasteiger partial charge in [-0.2, -0.15) is 0 Å². The molecule has 1 heterocycles. The molecule has 0 amide bonds. The summed E-state index contributed by atoms with van der Waals surface area (Å²) in [5, 5.41) is 0. The Bertz CT molecular complexity index is 334. The van der Waals surface area contributed by atoms with E-state index in [1.54, 1.807) is 0 Å². The van der Waals surface area contributed by atoms with Gasteiger partial charge < -0.3 is 4.74 Å². The highest BCUT2D eigenvalue weighted by molar-refractivity contribution is 4.84. The zero-order valence-electron chi connectivity index (χ0n) is 15.8. The third-order valence-electron chi connectivity index (χ3n) is 5.69. The normalized spacial score (nSPS) is 29.2. The van der Waals surface area contributed by atoms with Crippen molar-refractivity contribution in [1.82, 2.24) is 9.80 Å². The van der Waals surface area contributed by atoms with Crippen LogP contribution in [-0.2, 0) is 4.74 Å². The van der Waals surface area contributed by atoms with E-state index in [0.29, 0.717) is 17.1 Å². The van der Waals surface area contributed by atoms with Crippen molar-refractivity contribution in [1.29, 1.82) is 0 Å². The van der Waals surface area contributed by atoms with Crippen molar-refractivity contribution in [2.75, 3.05) is 39.3 Å². The maximum absolute atomic E-state index is 6.17. The first-order valence-electron chi connectivity index (χ1n) is 9.25. The number of ether oxygens (including phenoxy) is 1. The van der Waals surface area contributed by atoms with Crippen molar-refractivity contribution in [3.63, 3.8) is 0 Å². The van der Waals surface area contributed by atoms with E-state index in [1.807, 2.05) is 0 Å². The fourth-order valence-electron chi connectivity index (χ4n) is 3.87. The van der Waals surface area contributed by atoms with E-state index in [4.69, 9.17) is 4.74 Å². The SMILES string of the molecule is CC(C)(C)C1CCC(OCCN2CCN(C(C)(C)C)CC2)C1. The van der Waals surface area contributed by atoms with Crippen molar-refractivity contribution in [2.24, 2.45) is 11.3 Å². The van der Waals surface area contributed by atoms with Gasteiger partial charge in [-0.1, -0.05) is 20.8 Å². The van der Waals surface area contributed by atoms with Crippen LogP contribution in [0.4, 0.5) is 0 Å². The van der Waals surface area contributed by atoms with Crippen LogP contribution < -0.4 is 0 Å². The molecule has 22 heavy (non-hydrogen) atoms. The van der Waals surface area contributed by atoms with Gasteiger partial charge in [-0.25, -0.2) is 0 Å². The average molecular weight is 311 g/mol. The zero-order valence-corrected chi connectivity index (χ0v) is 15.8. The summed E-state index contributed by atoms with van der Waals surface area (Å²) in [6.07, 6.45) is 4.39. The summed E-state index contributed by atoms with van der Waals surface area (Å²) in [6.45, 7) is 20.8. The number of nitrogens with zero attached hydrogens (tertiary/aromatic N) is 2. The molecule has 1 aliphatic heterocycles. The van der Waals surface area contributed by atoms with Gasteiger partial charge >= 0.3 is 0 Å². The molecule has 2 atom stereocenters. The molecule has 1 saturated heterocycles. The molecule has 1 saturated carbocycles. The molecule has 2 fully saturated rings. The Morgan fingerprint density at radius 2 is 1.55 bits per heavy atom. The molecule has 2 rings (SSSR count). The number of hydrogen-bond acceptors (Lipinski definition) is 3. The van der Waals surface area contributed by atoms with Gasteiger partial charge in [-0.15, -0.1) is 0 Å². The van der Waals surface area contributed by atoms with Crippen LogP contribution in [0, 0.1) is 11.3 Å². The highest BCUT2D eigenvalue weighted by Gasteiger charge is 2.33. The fraction of sp³-hybridized carbons (Fsp3) is 1.00. The van der Waals surface area contributed by atoms with Crippen LogP contribution in [0.15, 0.2) is 0 Å². The van der Waals surface area contributed by atoms with Crippen molar-refractivity contribution in [2.45, 2.75) is 72.4 Å². The highest BCUT2D eigenvalue weighted by atomic mass is 16.5. The van der Waals surface area contributed by atoms with Crippen LogP contribution in [0.3, 0.4) is 0 Å². The molecule has 0 bridgehead atoms. The molecule has 130 valence electrons. The van der Waals surface area contributed by atoms with E-state index >= 15 is 0 Å². The Morgan fingerprint density at radius 1 is 0.909 bits per heavy atom. The third-order valence-corrected chi connectivity index (χ3v) is 5.69. The summed E-state index contributed by atoms with van der Waals surface area (Å²) in [6, 6.07) is 0. The predicted octanol–water partition coefficient (Wildman–Crippen LogP) is 3.63. The molecule has 2 aliphatic rings. The Balaban J connectivity index is 1.61. The minimum atomic E-state index is 0.314. The number of hydrogen-bond donors (Lipinski definition) is 0. The molecule has 0 aromatic rings. The quantitative estimate of drug-likeness (QED) is 0.788. The van der Waals surface area contributed by atoms with Crippen LogP contribution >= 0.6 is 0 Å². The maximum Gasteiger partial charge on any atom is 0.0597 e. The molecule has 3 nitrogen and oxygen atoms in total. The molecule has 2 unspecified atom stereocenters. The fourth-order valence-corrected chi connectivity index (χ4v) is 3.87. The highest BCUT2D eigenvalue weighted by Crippen LogP contribution is 2.40. The van der Waals surface area contributed by atoms with Crippen LogP contribution in [-0.4, -0.2) is 60.8 Å². The second-order valence-electron chi connectivity index (χ2n) is 9.37. The summed E-state index contributed by atoms with van der Waals surface area (Å²) < 4.78 is 6.17. The largest absolute Gasteiger partial charge is 0.377 e. The molecule has 0 N–H and O–H groups in total. The Morgan fingerprint density at radius 3 is 2.05 bits per heavy atom. The number of rotatable bonds is 4. The van der Waals surface area contributed by atoms with Crippen molar-refractivity contribution < 1.29 is 4.74 Å². The van der Waals surface area contributed by atoms with Gasteiger partial charge in [0.15, 0.2) is 0 Å². The van der Waals surface area contributed by atoms with Crippen molar-refractivity contribution >= 4 is 0 Å². The van der Waals surface area contributed by atoms with E-state index in [0.717, 1.165) is 19.1 Å². The van der Waals surface area contributed by atoms with E-state index in [-0.39, 0.29) is 0 Å². The molecular formula is C19H38N2O. The molecule has 1 aliphatic carbocycles.